The number of ether oxygens (including phenoxy) is 5. The fraction of sp³-hybridized carbons (Fsp3) is 0.682. The monoisotopic (exact) mass is 1060 g/mol. The fourth-order valence-electron chi connectivity index (χ4n) is 9.14. The standard InChI is InChI=1S/C44H67N7O15S4/c1-22(2)63-37-41(65-32(19-55)36(56)44(37,60)61)66-40-26-5-3-14-67-69-33(10-12-48-42(45)46)35-30(18-54)51-15-23(34(27(16-51)38(57)58)50-43(47)49-11-4-13-52)6-8-25(26)28(20-62-40)39(59)64-31-9-7-24(17-53)29(31)21-68-70-35/h3,5-6,8,16,20,22,24-26,29-33,35-37,40-41,52-56,60-61H,4,7,9-15,17-19,21H2,1-2H3,(H,57,58)(H4,45,46,48)(H3,47,49,50)/b5-3?,8-6+/t24-,25-,26+,29-,30-,31+,32+,33+,35+,36+,37-,40-,41-/m0/s1. The average Bonchev–Trinajstić information content (AvgIpc) is 3.70. The van der Waals surface area contributed by atoms with Crippen LogP contribution in [0.4, 0.5) is 0 Å². The number of carbonyl (C=O) groups is 2. The van der Waals surface area contributed by atoms with Crippen LogP contribution in [0.1, 0.15) is 39.5 Å². The van der Waals surface area contributed by atoms with Crippen molar-refractivity contribution in [3.05, 3.63) is 59.2 Å². The van der Waals surface area contributed by atoms with Crippen LogP contribution in [0.15, 0.2) is 69.2 Å². The highest BCUT2D eigenvalue weighted by Crippen LogP contribution is 2.47. The number of nitrogens with zero attached hydrogens (tertiary/aromatic N) is 3. The van der Waals surface area contributed by atoms with Crippen molar-refractivity contribution in [1.29, 1.82) is 0 Å². The number of carboxylic acids is 1. The van der Waals surface area contributed by atoms with Crippen LogP contribution < -0.4 is 22.5 Å². The normalized spacial score (nSPS) is 34.4. The van der Waals surface area contributed by atoms with Gasteiger partial charge in [0.2, 0.25) is 12.1 Å². The Balaban J connectivity index is 1.57. The smallest absolute Gasteiger partial charge is 0.339 e. The molecule has 22 nitrogen and oxygen atoms in total. The molecule has 1 aliphatic carbocycles. The van der Waals surface area contributed by atoms with E-state index in [1.54, 1.807) is 47.8 Å². The molecule has 0 aromatic heterocycles. The minimum Gasteiger partial charge on any atom is -0.478 e. The second kappa shape index (κ2) is 26.1. The van der Waals surface area contributed by atoms with Gasteiger partial charge in [0.25, 0.3) is 0 Å². The molecular formula is C44H67N7O15S4. The number of hydrogen-bond acceptors (Lipinski definition) is 21. The van der Waals surface area contributed by atoms with E-state index in [9.17, 15) is 50.4 Å². The highest BCUT2D eigenvalue weighted by molar-refractivity contribution is 8.78. The number of aliphatic hydroxyl groups excluding tert-OH is 5. The molecule has 2 fully saturated rings. The lowest BCUT2D eigenvalue weighted by Gasteiger charge is -2.48. The van der Waals surface area contributed by atoms with Gasteiger partial charge in [-0.15, -0.1) is 0 Å². The van der Waals surface area contributed by atoms with E-state index in [1.807, 2.05) is 6.08 Å². The molecule has 26 heteroatoms. The quantitative estimate of drug-likeness (QED) is 0.0186. The number of aliphatic carboxylic acids is 1. The lowest BCUT2D eigenvalue weighted by atomic mass is 9.82. The van der Waals surface area contributed by atoms with Gasteiger partial charge in [0.15, 0.2) is 24.3 Å². The summed E-state index contributed by atoms with van der Waals surface area (Å²) in [4.78, 5) is 38.4. The number of guanidine groups is 2. The Bertz CT molecular complexity index is 2020. The molecule has 1 saturated carbocycles. The van der Waals surface area contributed by atoms with E-state index < -0.39 is 97.2 Å². The summed E-state index contributed by atoms with van der Waals surface area (Å²) in [5.41, 5.74) is 18.2. The fourth-order valence-corrected chi connectivity index (χ4v) is 15.9. The third-order valence-corrected chi connectivity index (χ3v) is 18.7. The molecule has 5 aliphatic heterocycles. The number of allylic oxidation sites excluding steroid dienone is 1. The number of carboxylic acid groups (broad SMARTS) is 1. The molecule has 0 aromatic rings. The number of hydrogen-bond donors (Lipinski definition) is 12. The van der Waals surface area contributed by atoms with Gasteiger partial charge in [0.05, 0.1) is 59.6 Å². The number of carbonyl (C=O) groups excluding carboxylic acids is 1. The third kappa shape index (κ3) is 13.7. The zero-order chi connectivity index (χ0) is 50.7. The maximum atomic E-state index is 14.7. The first-order valence-corrected chi connectivity index (χ1v) is 27.9. The van der Waals surface area contributed by atoms with E-state index in [2.05, 4.69) is 15.3 Å². The summed E-state index contributed by atoms with van der Waals surface area (Å²) < 4.78 is 30.9. The summed E-state index contributed by atoms with van der Waals surface area (Å²) in [7, 11) is 6.06. The highest BCUT2D eigenvalue weighted by atomic mass is 33.1. The van der Waals surface area contributed by atoms with Crippen LogP contribution in [0.5, 0.6) is 0 Å². The summed E-state index contributed by atoms with van der Waals surface area (Å²) in [5.74, 6) is -6.80. The van der Waals surface area contributed by atoms with Gasteiger partial charge in [-0.3, -0.25) is 9.98 Å². The van der Waals surface area contributed by atoms with Crippen LogP contribution in [0.25, 0.3) is 0 Å². The summed E-state index contributed by atoms with van der Waals surface area (Å²) in [6.45, 7) is 2.15. The summed E-state index contributed by atoms with van der Waals surface area (Å²) in [5, 5.41) is 88.1. The molecule has 5 heterocycles. The Morgan fingerprint density at radius 3 is 2.50 bits per heavy atom. The van der Waals surface area contributed by atoms with Crippen LogP contribution in [-0.4, -0.2) is 193 Å². The molecule has 1 saturated heterocycles. The number of aliphatic imine (C=N–C) groups is 2. The van der Waals surface area contributed by atoms with Crippen molar-refractivity contribution in [1.82, 2.24) is 10.2 Å². The Labute approximate surface area is 422 Å². The number of rotatable bonds is 15. The molecule has 70 heavy (non-hydrogen) atoms. The summed E-state index contributed by atoms with van der Waals surface area (Å²) in [6.07, 6.45) is 1.86. The first kappa shape index (κ1) is 56.1. The van der Waals surface area contributed by atoms with Crippen molar-refractivity contribution >= 4 is 67.0 Å². The van der Waals surface area contributed by atoms with Gasteiger partial charge in [-0.05, 0) is 51.0 Å². The Morgan fingerprint density at radius 1 is 1.03 bits per heavy atom. The molecule has 0 radical (unpaired) electrons. The highest BCUT2D eigenvalue weighted by Gasteiger charge is 2.58. The first-order valence-electron chi connectivity index (χ1n) is 23.1. The topological polar surface area (TPSA) is 360 Å². The van der Waals surface area contributed by atoms with Gasteiger partial charge in [-0.25, -0.2) is 9.59 Å². The second-order valence-electron chi connectivity index (χ2n) is 17.8. The van der Waals surface area contributed by atoms with Crippen LogP contribution in [0, 0.1) is 23.7 Å². The summed E-state index contributed by atoms with van der Waals surface area (Å²) in [6, 6.07) is -0.698. The average molecular weight is 1060 g/mol. The molecule has 392 valence electrons. The van der Waals surface area contributed by atoms with Crippen molar-refractivity contribution in [2.24, 2.45) is 50.9 Å². The minimum atomic E-state index is -2.97. The van der Waals surface area contributed by atoms with Crippen molar-refractivity contribution in [2.45, 2.75) is 105 Å². The second-order valence-corrected chi connectivity index (χ2v) is 23.0. The van der Waals surface area contributed by atoms with Crippen molar-refractivity contribution in [2.75, 3.05) is 57.6 Å². The number of nitrogens with two attached hydrogens (primary N) is 3. The number of esters is 1. The lowest BCUT2D eigenvalue weighted by molar-refractivity contribution is -0.413. The SMILES string of the molecule is CC(C)O[C@H]1[C@H](O[C@@H]2OC=C3C(=O)O[C@@H]4CC[C@@H](CO)[C@@H]4CSS[C@H]4[C@@H](CCN=C(N)N)SSCC=C[C@@H]2[C@@H]3/C=C/C2=C(NC(N)=NCCCO)C(C(=O)O)=CN(C2)[C@H]4CO)O[C@H](CO)[C@@H](O)C1(O)O. The molecular weight excluding hydrogens is 995 g/mol. The van der Waals surface area contributed by atoms with Gasteiger partial charge in [-0.2, -0.15) is 0 Å². The van der Waals surface area contributed by atoms with Crippen molar-refractivity contribution in [3.8, 4) is 0 Å². The maximum absolute atomic E-state index is 14.7. The predicted molar refractivity (Wildman–Crippen MR) is 266 cm³/mol. The lowest BCUT2D eigenvalue weighted by Crippen LogP contribution is -2.69. The van der Waals surface area contributed by atoms with Gasteiger partial charge in [-0.1, -0.05) is 67.5 Å². The Kier molecular flexibility index (Phi) is 20.9. The van der Waals surface area contributed by atoms with E-state index in [0.717, 1.165) is 0 Å². The summed E-state index contributed by atoms with van der Waals surface area (Å²) >= 11 is 0. The van der Waals surface area contributed by atoms with E-state index in [1.165, 1.54) is 44.8 Å². The van der Waals surface area contributed by atoms with E-state index in [-0.39, 0.29) is 78.7 Å². The molecule has 13 atom stereocenters. The number of fused-ring (bicyclic) bond motifs is 2. The molecule has 0 unspecified atom stereocenters. The zero-order valence-electron chi connectivity index (χ0n) is 38.9. The number of aliphatic hydroxyl groups is 7. The molecule has 0 amide bonds. The zero-order valence-corrected chi connectivity index (χ0v) is 42.1. The molecule has 6 rings (SSSR count). The van der Waals surface area contributed by atoms with Crippen LogP contribution in [-0.2, 0) is 33.3 Å². The van der Waals surface area contributed by atoms with Crippen LogP contribution in [0.2, 0.25) is 0 Å². The van der Waals surface area contributed by atoms with Gasteiger partial charge in [0.1, 0.15) is 18.3 Å². The minimum absolute atomic E-state index is 0.0133. The predicted octanol–water partition coefficient (Wildman–Crippen LogP) is -0.553. The van der Waals surface area contributed by atoms with Gasteiger partial charge >= 0.3 is 11.9 Å². The molecule has 6 aliphatic rings. The molecule has 0 aromatic carbocycles. The number of nitrogens with one attached hydrogen (secondary N) is 1. The Morgan fingerprint density at radius 2 is 1.81 bits per heavy atom. The largest absolute Gasteiger partial charge is 0.478 e. The van der Waals surface area contributed by atoms with Crippen LogP contribution in [0.3, 0.4) is 0 Å². The molecule has 15 N–H and O–H groups in total. The van der Waals surface area contributed by atoms with E-state index in [4.69, 9.17) is 40.9 Å². The molecule has 0 spiro atoms. The van der Waals surface area contributed by atoms with E-state index in [0.29, 0.717) is 42.8 Å². The first-order chi connectivity index (χ1) is 33.5. The van der Waals surface area contributed by atoms with Crippen molar-refractivity contribution < 1.29 is 74.1 Å². The molecule has 4 bridgehead atoms. The van der Waals surface area contributed by atoms with Gasteiger partial charge in [0, 0.05) is 67.6 Å². The van der Waals surface area contributed by atoms with Gasteiger partial charge < -0.3 is 92.0 Å². The Hall–Kier alpha value is -3.22. The maximum Gasteiger partial charge on any atom is 0.339 e. The van der Waals surface area contributed by atoms with Crippen LogP contribution >= 0.6 is 43.2 Å². The third-order valence-electron chi connectivity index (χ3n) is 12.7. The van der Waals surface area contributed by atoms with Crippen molar-refractivity contribution in [3.63, 3.8) is 0 Å². The van der Waals surface area contributed by atoms with E-state index >= 15 is 0 Å².